The molecular formula is C30H28N2. The van der Waals surface area contributed by atoms with Crippen molar-refractivity contribution in [2.24, 2.45) is 5.84 Å². The predicted octanol–water partition coefficient (Wildman–Crippen LogP) is 7.43. The largest absolute Gasteiger partial charge is 0.323 e. The van der Waals surface area contributed by atoms with Crippen LogP contribution < -0.4 is 11.3 Å². The molecule has 0 aliphatic heterocycles. The molecule has 4 rings (SSSR count). The second kappa shape index (κ2) is 9.95. The van der Waals surface area contributed by atoms with Gasteiger partial charge in [0.25, 0.3) is 0 Å². The lowest BCUT2D eigenvalue weighted by Crippen LogP contribution is -2.10. The van der Waals surface area contributed by atoms with Gasteiger partial charge in [-0.25, -0.2) is 0 Å². The molecule has 0 aliphatic rings. The highest BCUT2D eigenvalue weighted by Gasteiger charge is 2.21. The summed E-state index contributed by atoms with van der Waals surface area (Å²) in [6, 6.07) is 31.8. The molecule has 0 unspecified atom stereocenters. The van der Waals surface area contributed by atoms with E-state index in [2.05, 4.69) is 104 Å². The normalized spacial score (nSPS) is 10.5. The number of benzene rings is 4. The van der Waals surface area contributed by atoms with Crippen molar-refractivity contribution >= 4 is 5.69 Å². The Morgan fingerprint density at radius 2 is 1.12 bits per heavy atom. The standard InChI is InChI=1S/C30H28N2/c1-3-12-22-16-8-10-18-25(22)29-27(24-14-6-5-7-15-24)20-21-28(32-31)30(29)26-19-11-9-17-23(26)13-4-2/h3-11,14-21,32H,1-2,12-13,31H2. The van der Waals surface area contributed by atoms with E-state index in [-0.39, 0.29) is 0 Å². The van der Waals surface area contributed by atoms with E-state index in [0.29, 0.717) is 0 Å². The summed E-state index contributed by atoms with van der Waals surface area (Å²) in [6.07, 6.45) is 5.47. The van der Waals surface area contributed by atoms with Crippen molar-refractivity contribution in [3.8, 4) is 33.4 Å². The Kier molecular flexibility index (Phi) is 6.64. The van der Waals surface area contributed by atoms with Gasteiger partial charge in [-0.2, -0.15) is 0 Å². The van der Waals surface area contributed by atoms with E-state index in [1.165, 1.54) is 33.4 Å². The van der Waals surface area contributed by atoms with Crippen LogP contribution in [0, 0.1) is 0 Å². The molecule has 2 nitrogen and oxygen atoms in total. The van der Waals surface area contributed by atoms with Crippen LogP contribution in [0.4, 0.5) is 5.69 Å². The Bertz CT molecular complexity index is 1240. The van der Waals surface area contributed by atoms with Crippen molar-refractivity contribution < 1.29 is 0 Å². The van der Waals surface area contributed by atoms with Gasteiger partial charge in [0, 0.05) is 5.56 Å². The maximum atomic E-state index is 6.06. The van der Waals surface area contributed by atoms with Crippen molar-refractivity contribution in [1.29, 1.82) is 0 Å². The Hall–Kier alpha value is -3.88. The third-order valence-corrected chi connectivity index (χ3v) is 5.75. The zero-order valence-electron chi connectivity index (χ0n) is 18.2. The Balaban J connectivity index is 2.15. The number of hydrazine groups is 1. The Labute approximate surface area is 190 Å². The number of hydrogen-bond acceptors (Lipinski definition) is 2. The van der Waals surface area contributed by atoms with Crippen molar-refractivity contribution in [3.63, 3.8) is 0 Å². The van der Waals surface area contributed by atoms with Crippen LogP contribution in [-0.4, -0.2) is 0 Å². The lowest BCUT2D eigenvalue weighted by Gasteiger charge is -2.23. The summed E-state index contributed by atoms with van der Waals surface area (Å²) in [6.45, 7) is 7.95. The molecule has 158 valence electrons. The molecule has 4 aromatic carbocycles. The molecule has 0 spiro atoms. The molecule has 0 fully saturated rings. The number of nitrogens with one attached hydrogen (secondary N) is 1. The van der Waals surface area contributed by atoms with E-state index in [9.17, 15) is 0 Å². The third-order valence-electron chi connectivity index (χ3n) is 5.75. The molecule has 32 heavy (non-hydrogen) atoms. The highest BCUT2D eigenvalue weighted by Crippen LogP contribution is 2.46. The average Bonchev–Trinajstić information content (AvgIpc) is 2.85. The number of nitrogen functional groups attached to an aromatic ring is 1. The van der Waals surface area contributed by atoms with E-state index in [1.807, 2.05) is 18.2 Å². The van der Waals surface area contributed by atoms with E-state index in [0.717, 1.165) is 29.7 Å². The van der Waals surface area contributed by atoms with E-state index in [4.69, 9.17) is 5.84 Å². The minimum Gasteiger partial charge on any atom is -0.323 e. The molecule has 0 bridgehead atoms. The maximum Gasteiger partial charge on any atom is 0.0570 e. The van der Waals surface area contributed by atoms with Gasteiger partial charge in [-0.3, -0.25) is 5.84 Å². The molecule has 4 aromatic rings. The van der Waals surface area contributed by atoms with Gasteiger partial charge in [0.15, 0.2) is 0 Å². The molecule has 0 atom stereocenters. The van der Waals surface area contributed by atoms with Gasteiger partial charge >= 0.3 is 0 Å². The summed E-state index contributed by atoms with van der Waals surface area (Å²) in [7, 11) is 0. The second-order valence-corrected chi connectivity index (χ2v) is 7.72. The van der Waals surface area contributed by atoms with Gasteiger partial charge in [0.2, 0.25) is 0 Å². The summed E-state index contributed by atoms with van der Waals surface area (Å²) < 4.78 is 0. The number of rotatable bonds is 8. The van der Waals surface area contributed by atoms with Gasteiger partial charge in [0.1, 0.15) is 0 Å². The van der Waals surface area contributed by atoms with Crippen LogP contribution in [0.2, 0.25) is 0 Å². The average molecular weight is 417 g/mol. The van der Waals surface area contributed by atoms with Gasteiger partial charge in [0.05, 0.1) is 5.69 Å². The molecule has 0 aromatic heterocycles. The first-order valence-corrected chi connectivity index (χ1v) is 10.9. The summed E-state index contributed by atoms with van der Waals surface area (Å²) >= 11 is 0. The first-order valence-electron chi connectivity index (χ1n) is 10.9. The molecule has 0 amide bonds. The van der Waals surface area contributed by atoms with E-state index in [1.54, 1.807) is 0 Å². The minimum atomic E-state index is 0.781. The number of hydrogen-bond donors (Lipinski definition) is 2. The topological polar surface area (TPSA) is 38.0 Å². The molecule has 0 heterocycles. The van der Waals surface area contributed by atoms with Crippen LogP contribution in [0.1, 0.15) is 11.1 Å². The van der Waals surface area contributed by atoms with Crippen LogP contribution in [-0.2, 0) is 12.8 Å². The van der Waals surface area contributed by atoms with Gasteiger partial charge in [-0.1, -0.05) is 97.1 Å². The highest BCUT2D eigenvalue weighted by molar-refractivity contribution is 6.01. The zero-order chi connectivity index (χ0) is 22.3. The van der Waals surface area contributed by atoms with Gasteiger partial charge in [-0.05, 0) is 57.9 Å². The fraction of sp³-hybridized carbons (Fsp3) is 0.0667. The molecule has 0 radical (unpaired) electrons. The first kappa shape index (κ1) is 21.4. The third kappa shape index (κ3) is 4.14. The molecule has 0 saturated carbocycles. The quantitative estimate of drug-likeness (QED) is 0.178. The molecule has 2 heteroatoms. The second-order valence-electron chi connectivity index (χ2n) is 7.72. The van der Waals surface area contributed by atoms with Crippen LogP contribution in [0.5, 0.6) is 0 Å². The number of nitrogens with two attached hydrogens (primary N) is 1. The predicted molar refractivity (Wildman–Crippen MR) is 138 cm³/mol. The maximum absolute atomic E-state index is 6.06. The van der Waals surface area contributed by atoms with Gasteiger partial charge in [-0.15, -0.1) is 13.2 Å². The highest BCUT2D eigenvalue weighted by atomic mass is 15.2. The van der Waals surface area contributed by atoms with E-state index < -0.39 is 0 Å². The van der Waals surface area contributed by atoms with Crippen molar-refractivity contribution in [2.75, 3.05) is 5.43 Å². The first-order chi connectivity index (χ1) is 15.8. The lowest BCUT2D eigenvalue weighted by molar-refractivity contribution is 1.26. The summed E-state index contributed by atoms with van der Waals surface area (Å²) in [5.74, 6) is 6.06. The monoisotopic (exact) mass is 416 g/mol. The molecule has 0 aliphatic carbocycles. The summed E-state index contributed by atoms with van der Waals surface area (Å²) in [5.41, 5.74) is 13.2. The van der Waals surface area contributed by atoms with Crippen molar-refractivity contribution in [3.05, 3.63) is 127 Å². The SMILES string of the molecule is C=CCc1ccccc1-c1c(NN)ccc(-c2ccccc2)c1-c1ccccc1CC=C. The molecule has 0 saturated heterocycles. The van der Waals surface area contributed by atoms with Crippen molar-refractivity contribution in [2.45, 2.75) is 12.8 Å². The van der Waals surface area contributed by atoms with Crippen LogP contribution in [0.15, 0.2) is 116 Å². The Morgan fingerprint density at radius 1 is 0.594 bits per heavy atom. The van der Waals surface area contributed by atoms with Crippen molar-refractivity contribution in [1.82, 2.24) is 0 Å². The summed E-state index contributed by atoms with van der Waals surface area (Å²) in [5, 5.41) is 0. The van der Waals surface area contributed by atoms with E-state index >= 15 is 0 Å². The lowest BCUT2D eigenvalue weighted by atomic mass is 9.83. The van der Waals surface area contributed by atoms with Crippen LogP contribution >= 0.6 is 0 Å². The fourth-order valence-corrected chi connectivity index (χ4v) is 4.34. The summed E-state index contributed by atoms with van der Waals surface area (Å²) in [4.78, 5) is 0. The molecule has 3 N–H and O–H groups in total. The smallest absolute Gasteiger partial charge is 0.0570 e. The minimum absolute atomic E-state index is 0.781. The van der Waals surface area contributed by atoms with Crippen LogP contribution in [0.25, 0.3) is 33.4 Å². The Morgan fingerprint density at radius 3 is 1.69 bits per heavy atom. The van der Waals surface area contributed by atoms with Gasteiger partial charge < -0.3 is 5.43 Å². The number of anilines is 1. The van der Waals surface area contributed by atoms with Crippen LogP contribution in [0.3, 0.4) is 0 Å². The molecular weight excluding hydrogens is 388 g/mol. The fourth-order valence-electron chi connectivity index (χ4n) is 4.34. The zero-order valence-corrected chi connectivity index (χ0v) is 18.2. The number of allylic oxidation sites excluding steroid dienone is 2.